The first-order chi connectivity index (χ1) is 15.3. The average molecular weight is 422 g/mol. The van der Waals surface area contributed by atoms with Crippen LogP contribution in [0.1, 0.15) is 31.2 Å². The Kier molecular flexibility index (Phi) is 7.35. The third-order valence-electron chi connectivity index (χ3n) is 6.67. The molecule has 1 saturated heterocycles. The van der Waals surface area contributed by atoms with Crippen molar-refractivity contribution >= 4 is 11.9 Å². The van der Waals surface area contributed by atoms with E-state index in [-0.39, 0.29) is 5.41 Å². The summed E-state index contributed by atoms with van der Waals surface area (Å²) in [5.74, 6) is 1.76. The van der Waals surface area contributed by atoms with Crippen molar-refractivity contribution in [1.29, 1.82) is 0 Å². The Morgan fingerprint density at radius 3 is 2.39 bits per heavy atom. The van der Waals surface area contributed by atoms with Crippen LogP contribution in [0.5, 0.6) is 0 Å². The fraction of sp³-hybridized carbons (Fsp3) is 0.542. The molecule has 2 N–H and O–H groups in total. The molecule has 1 aliphatic carbocycles. The van der Waals surface area contributed by atoms with E-state index in [1.54, 1.807) is 0 Å². The number of hydrogen-bond donors (Lipinski definition) is 2. The summed E-state index contributed by atoms with van der Waals surface area (Å²) in [6.07, 6.45) is 8.54. The van der Waals surface area contributed by atoms with Crippen LogP contribution in [-0.4, -0.2) is 73.7 Å². The summed E-state index contributed by atoms with van der Waals surface area (Å²) in [5, 5.41) is 7.08. The zero-order chi connectivity index (χ0) is 21.4. The third-order valence-corrected chi connectivity index (χ3v) is 6.67. The molecule has 31 heavy (non-hydrogen) atoms. The molecule has 0 spiro atoms. The smallest absolute Gasteiger partial charge is 0.225 e. The van der Waals surface area contributed by atoms with Gasteiger partial charge in [0.05, 0.1) is 0 Å². The number of nitrogens with one attached hydrogen (secondary N) is 2. The molecule has 1 aromatic heterocycles. The standard InChI is InChI=1S/C24H35N7/c1-25-22(29-20-24(10-5-11-24)21-8-3-2-4-9-21)26-14-7-15-30-16-18-31(19-17-30)23-27-12-6-13-28-23/h2-4,6,8-9,12-13H,5,7,10-11,14-20H2,1H3,(H2,25,26,29). The Balaban J connectivity index is 1.14. The number of anilines is 1. The van der Waals surface area contributed by atoms with E-state index in [1.807, 2.05) is 25.5 Å². The lowest BCUT2D eigenvalue weighted by Crippen LogP contribution is -2.49. The number of benzene rings is 1. The van der Waals surface area contributed by atoms with Crippen molar-refractivity contribution in [1.82, 2.24) is 25.5 Å². The first-order valence-electron chi connectivity index (χ1n) is 11.5. The van der Waals surface area contributed by atoms with Crippen molar-refractivity contribution < 1.29 is 0 Å². The van der Waals surface area contributed by atoms with Crippen LogP contribution in [-0.2, 0) is 5.41 Å². The highest BCUT2D eigenvalue weighted by Gasteiger charge is 2.38. The predicted molar refractivity (Wildman–Crippen MR) is 127 cm³/mol. The molecule has 7 nitrogen and oxygen atoms in total. The Hall–Kier alpha value is -2.67. The fourth-order valence-electron chi connectivity index (χ4n) is 4.57. The molecule has 2 aliphatic rings. The lowest BCUT2D eigenvalue weighted by molar-refractivity contribution is 0.243. The Morgan fingerprint density at radius 2 is 1.74 bits per heavy atom. The van der Waals surface area contributed by atoms with Gasteiger partial charge in [-0.2, -0.15) is 0 Å². The molecule has 0 amide bonds. The maximum absolute atomic E-state index is 4.43. The highest BCUT2D eigenvalue weighted by molar-refractivity contribution is 5.79. The van der Waals surface area contributed by atoms with Gasteiger partial charge < -0.3 is 15.5 Å². The summed E-state index contributed by atoms with van der Waals surface area (Å²) >= 11 is 0. The maximum Gasteiger partial charge on any atom is 0.225 e. The lowest BCUT2D eigenvalue weighted by atomic mass is 9.64. The van der Waals surface area contributed by atoms with Gasteiger partial charge in [-0.05, 0) is 37.4 Å². The molecule has 0 bridgehead atoms. The molecule has 4 rings (SSSR count). The number of piperazine rings is 1. The summed E-state index contributed by atoms with van der Waals surface area (Å²) in [6.45, 7) is 7.07. The minimum absolute atomic E-state index is 0.265. The first kappa shape index (κ1) is 21.6. The highest BCUT2D eigenvalue weighted by Crippen LogP contribution is 2.43. The fourth-order valence-corrected chi connectivity index (χ4v) is 4.57. The molecule has 1 aromatic carbocycles. The molecular formula is C24H35N7. The van der Waals surface area contributed by atoms with Crippen molar-refractivity contribution in [2.24, 2.45) is 4.99 Å². The largest absolute Gasteiger partial charge is 0.356 e. The van der Waals surface area contributed by atoms with Gasteiger partial charge in [0.1, 0.15) is 0 Å². The quantitative estimate of drug-likeness (QED) is 0.387. The summed E-state index contributed by atoms with van der Waals surface area (Å²) in [5.41, 5.74) is 1.71. The van der Waals surface area contributed by atoms with Crippen LogP contribution in [0.25, 0.3) is 0 Å². The van der Waals surface area contributed by atoms with E-state index in [9.17, 15) is 0 Å². The van der Waals surface area contributed by atoms with Crippen LogP contribution in [0.2, 0.25) is 0 Å². The highest BCUT2D eigenvalue weighted by atomic mass is 15.3. The van der Waals surface area contributed by atoms with E-state index in [4.69, 9.17) is 0 Å². The molecule has 2 fully saturated rings. The van der Waals surface area contributed by atoms with Crippen molar-refractivity contribution in [3.05, 3.63) is 54.4 Å². The minimum atomic E-state index is 0.265. The molecule has 2 aromatic rings. The van der Waals surface area contributed by atoms with Gasteiger partial charge in [0.15, 0.2) is 5.96 Å². The molecule has 0 atom stereocenters. The molecule has 7 heteroatoms. The average Bonchev–Trinajstić information content (AvgIpc) is 2.81. The minimum Gasteiger partial charge on any atom is -0.356 e. The van der Waals surface area contributed by atoms with Crippen molar-refractivity contribution in [3.63, 3.8) is 0 Å². The van der Waals surface area contributed by atoms with Crippen molar-refractivity contribution in [2.45, 2.75) is 31.1 Å². The summed E-state index contributed by atoms with van der Waals surface area (Å²) in [6, 6.07) is 12.8. The second-order valence-corrected chi connectivity index (χ2v) is 8.58. The molecule has 2 heterocycles. The molecule has 1 saturated carbocycles. The van der Waals surface area contributed by atoms with Gasteiger partial charge >= 0.3 is 0 Å². The van der Waals surface area contributed by atoms with Gasteiger partial charge in [-0.1, -0.05) is 36.8 Å². The van der Waals surface area contributed by atoms with Crippen LogP contribution in [0.3, 0.4) is 0 Å². The van der Waals surface area contributed by atoms with E-state index in [1.165, 1.54) is 24.8 Å². The number of hydrogen-bond acceptors (Lipinski definition) is 5. The van der Waals surface area contributed by atoms with E-state index >= 15 is 0 Å². The Labute approximate surface area is 186 Å². The summed E-state index contributed by atoms with van der Waals surface area (Å²) in [7, 11) is 1.86. The van der Waals surface area contributed by atoms with E-state index < -0.39 is 0 Å². The number of guanidine groups is 1. The summed E-state index contributed by atoms with van der Waals surface area (Å²) in [4.78, 5) is 17.9. The number of nitrogens with zero attached hydrogens (tertiary/aromatic N) is 5. The maximum atomic E-state index is 4.43. The molecule has 0 unspecified atom stereocenters. The molecular weight excluding hydrogens is 386 g/mol. The first-order valence-corrected chi connectivity index (χ1v) is 11.5. The number of aliphatic imine (C=N–C) groups is 1. The second-order valence-electron chi connectivity index (χ2n) is 8.58. The van der Waals surface area contributed by atoms with Crippen molar-refractivity contribution in [3.8, 4) is 0 Å². The Bertz CT molecular complexity index is 812. The predicted octanol–water partition coefficient (Wildman–Crippen LogP) is 2.28. The molecule has 166 valence electrons. The van der Waals surface area contributed by atoms with Gasteiger partial charge in [-0.25, -0.2) is 9.97 Å². The zero-order valence-electron chi connectivity index (χ0n) is 18.6. The van der Waals surface area contributed by atoms with Crippen LogP contribution in [0.15, 0.2) is 53.8 Å². The van der Waals surface area contributed by atoms with Gasteiger partial charge in [-0.3, -0.25) is 9.89 Å². The summed E-state index contributed by atoms with van der Waals surface area (Å²) < 4.78 is 0. The SMILES string of the molecule is CN=C(NCCCN1CCN(c2ncccn2)CC1)NCC1(c2ccccc2)CCC1. The van der Waals surface area contributed by atoms with Gasteiger partial charge in [0.25, 0.3) is 0 Å². The van der Waals surface area contributed by atoms with Gasteiger partial charge in [0.2, 0.25) is 5.95 Å². The third kappa shape index (κ3) is 5.53. The van der Waals surface area contributed by atoms with E-state index in [2.05, 4.69) is 65.7 Å². The Morgan fingerprint density at radius 1 is 1.00 bits per heavy atom. The zero-order valence-corrected chi connectivity index (χ0v) is 18.6. The van der Waals surface area contributed by atoms with Crippen molar-refractivity contribution in [2.75, 3.05) is 57.8 Å². The van der Waals surface area contributed by atoms with E-state index in [0.717, 1.165) is 64.1 Å². The molecule has 0 radical (unpaired) electrons. The van der Waals surface area contributed by atoms with Gasteiger partial charge in [0, 0.05) is 64.1 Å². The normalized spacial score (nSPS) is 19.0. The number of aromatic nitrogens is 2. The van der Waals surface area contributed by atoms with Crippen LogP contribution >= 0.6 is 0 Å². The second kappa shape index (κ2) is 10.6. The lowest BCUT2D eigenvalue weighted by Gasteiger charge is -2.43. The van der Waals surface area contributed by atoms with Crippen LogP contribution in [0, 0.1) is 0 Å². The topological polar surface area (TPSA) is 68.7 Å². The van der Waals surface area contributed by atoms with Gasteiger partial charge in [-0.15, -0.1) is 0 Å². The molecule has 1 aliphatic heterocycles. The van der Waals surface area contributed by atoms with Crippen LogP contribution < -0.4 is 15.5 Å². The monoisotopic (exact) mass is 421 g/mol. The number of rotatable bonds is 8. The van der Waals surface area contributed by atoms with Crippen LogP contribution in [0.4, 0.5) is 5.95 Å². The van der Waals surface area contributed by atoms with E-state index in [0.29, 0.717) is 0 Å².